The van der Waals surface area contributed by atoms with Crippen molar-refractivity contribution in [3.8, 4) is 0 Å². The highest BCUT2D eigenvalue weighted by Crippen LogP contribution is 2.06. The second-order valence-corrected chi connectivity index (χ2v) is 3.06. The Labute approximate surface area is 70.5 Å². The lowest BCUT2D eigenvalue weighted by Crippen LogP contribution is -2.26. The van der Waals surface area contributed by atoms with Crippen molar-refractivity contribution in [2.24, 2.45) is 0 Å². The second kappa shape index (κ2) is 4.06. The van der Waals surface area contributed by atoms with E-state index in [9.17, 15) is 9.59 Å². The largest absolute Gasteiger partial charge is 0.461 e. The van der Waals surface area contributed by atoms with Gasteiger partial charge in [0, 0.05) is 0 Å². The summed E-state index contributed by atoms with van der Waals surface area (Å²) in [5, 5.41) is 0. The van der Waals surface area contributed by atoms with Gasteiger partial charge in [-0.3, -0.25) is 4.89 Å². The summed E-state index contributed by atoms with van der Waals surface area (Å²) in [7, 11) is 1.08. The lowest BCUT2D eigenvalue weighted by atomic mass is 10.2. The monoisotopic (exact) mass is 176 g/mol. The van der Waals surface area contributed by atoms with Gasteiger partial charge in [0.1, 0.15) is 5.60 Å². The molecule has 0 heterocycles. The third-order valence-electron chi connectivity index (χ3n) is 0.719. The van der Waals surface area contributed by atoms with E-state index in [-0.39, 0.29) is 0 Å². The molecule has 5 nitrogen and oxygen atoms in total. The first kappa shape index (κ1) is 10.9. The molecular weight excluding hydrogens is 164 g/mol. The Morgan fingerprint density at radius 3 is 1.92 bits per heavy atom. The van der Waals surface area contributed by atoms with Gasteiger partial charge < -0.3 is 4.74 Å². The average Bonchev–Trinajstić information content (AvgIpc) is 1.97. The van der Waals surface area contributed by atoms with Gasteiger partial charge in [0.25, 0.3) is 0 Å². The van der Waals surface area contributed by atoms with Crippen molar-refractivity contribution >= 4 is 11.9 Å². The molecule has 0 aliphatic rings. The number of hydrogen-bond donors (Lipinski definition) is 0. The molecule has 0 amide bonds. The fourth-order valence-corrected chi connectivity index (χ4v) is 0.280. The van der Waals surface area contributed by atoms with Crippen LogP contribution in [0.25, 0.3) is 0 Å². The molecule has 0 fully saturated rings. The zero-order chi connectivity index (χ0) is 9.78. The number of ether oxygens (including phenoxy) is 1. The highest BCUT2D eigenvalue weighted by Gasteiger charge is 2.21. The van der Waals surface area contributed by atoms with E-state index < -0.39 is 17.5 Å². The lowest BCUT2D eigenvalue weighted by molar-refractivity contribution is -0.318. The van der Waals surface area contributed by atoms with E-state index in [2.05, 4.69) is 14.5 Å². The Morgan fingerprint density at radius 2 is 1.58 bits per heavy atom. The van der Waals surface area contributed by atoms with Crippen LogP contribution in [0, 0.1) is 0 Å². The van der Waals surface area contributed by atoms with Crippen LogP contribution in [0.3, 0.4) is 0 Å². The molecule has 0 aromatic heterocycles. The number of carbonyl (C=O) groups is 2. The predicted octanol–water partition coefficient (Wildman–Crippen LogP) is 0.433. The Kier molecular flexibility index (Phi) is 3.69. The van der Waals surface area contributed by atoms with Crippen molar-refractivity contribution in [3.63, 3.8) is 0 Å². The normalized spacial score (nSPS) is 10.7. The minimum absolute atomic E-state index is 0.635. The molecule has 12 heavy (non-hydrogen) atoms. The zero-order valence-electron chi connectivity index (χ0n) is 7.54. The minimum Gasteiger partial charge on any atom is -0.461 e. The van der Waals surface area contributed by atoms with Crippen molar-refractivity contribution in [2.75, 3.05) is 7.11 Å². The van der Waals surface area contributed by atoms with Crippen LogP contribution in [0.15, 0.2) is 0 Å². The van der Waals surface area contributed by atoms with Gasteiger partial charge in [-0.05, 0) is 20.8 Å². The molecule has 0 aliphatic carbocycles. The molecule has 0 spiro atoms. The van der Waals surface area contributed by atoms with Gasteiger partial charge in [0.15, 0.2) is 0 Å². The Balaban J connectivity index is 3.80. The summed E-state index contributed by atoms with van der Waals surface area (Å²) in [6.45, 7) is 5.03. The number of hydrogen-bond acceptors (Lipinski definition) is 5. The van der Waals surface area contributed by atoms with E-state index in [1.165, 1.54) is 0 Å². The summed E-state index contributed by atoms with van der Waals surface area (Å²) < 4.78 is 4.08. The third-order valence-corrected chi connectivity index (χ3v) is 0.719. The molecule has 0 saturated heterocycles. The Bertz CT molecular complexity index is 179. The predicted molar refractivity (Wildman–Crippen MR) is 38.9 cm³/mol. The van der Waals surface area contributed by atoms with E-state index in [1.54, 1.807) is 20.8 Å². The fraction of sp³-hybridized carbons (Fsp3) is 0.714. The topological polar surface area (TPSA) is 61.8 Å². The maximum atomic E-state index is 10.6. The molecular formula is C7H12O5. The third kappa shape index (κ3) is 4.68. The Morgan fingerprint density at radius 1 is 1.08 bits per heavy atom. The van der Waals surface area contributed by atoms with Crippen molar-refractivity contribution in [1.82, 2.24) is 0 Å². The molecule has 5 heteroatoms. The van der Waals surface area contributed by atoms with Crippen LogP contribution in [0.1, 0.15) is 20.8 Å². The number of rotatable bonds is 1. The van der Waals surface area contributed by atoms with E-state index >= 15 is 0 Å². The SMILES string of the molecule is COC(=O)C(=O)OOC(C)(C)C. The lowest BCUT2D eigenvalue weighted by Gasteiger charge is -2.15. The van der Waals surface area contributed by atoms with Crippen LogP contribution in [-0.2, 0) is 24.1 Å². The maximum Gasteiger partial charge on any atom is 0.449 e. The number of methoxy groups -OCH3 is 1. The van der Waals surface area contributed by atoms with E-state index in [0.29, 0.717) is 0 Å². The molecule has 0 aliphatic heterocycles. The van der Waals surface area contributed by atoms with Crippen LogP contribution < -0.4 is 0 Å². The van der Waals surface area contributed by atoms with Crippen molar-refractivity contribution < 1.29 is 24.1 Å². The Hall–Kier alpha value is -1.10. The first-order valence-corrected chi connectivity index (χ1v) is 3.35. The highest BCUT2D eigenvalue weighted by molar-refractivity contribution is 6.29. The van der Waals surface area contributed by atoms with E-state index in [1.807, 2.05) is 0 Å². The number of carbonyl (C=O) groups excluding carboxylic acids is 2. The molecule has 0 rings (SSSR count). The average molecular weight is 176 g/mol. The van der Waals surface area contributed by atoms with Gasteiger partial charge in [-0.25, -0.2) is 9.59 Å². The molecule has 0 N–H and O–H groups in total. The standard InChI is InChI=1S/C7H12O5/c1-7(2,3)12-11-6(9)5(8)10-4/h1-4H3. The first-order valence-electron chi connectivity index (χ1n) is 3.35. The molecule has 0 unspecified atom stereocenters. The molecule has 70 valence electrons. The number of esters is 1. The summed E-state index contributed by atoms with van der Waals surface area (Å²) in [5.41, 5.74) is -0.635. The van der Waals surface area contributed by atoms with Gasteiger partial charge >= 0.3 is 11.9 Å². The van der Waals surface area contributed by atoms with Gasteiger partial charge in [-0.15, -0.1) is 0 Å². The summed E-state index contributed by atoms with van der Waals surface area (Å²) in [4.78, 5) is 29.8. The molecule has 0 radical (unpaired) electrons. The van der Waals surface area contributed by atoms with E-state index in [0.717, 1.165) is 7.11 Å². The highest BCUT2D eigenvalue weighted by atomic mass is 17.2. The fourth-order valence-electron chi connectivity index (χ4n) is 0.280. The van der Waals surface area contributed by atoms with Crippen LogP contribution >= 0.6 is 0 Å². The van der Waals surface area contributed by atoms with Crippen LogP contribution in [0.2, 0.25) is 0 Å². The van der Waals surface area contributed by atoms with Crippen LogP contribution in [0.4, 0.5) is 0 Å². The summed E-state index contributed by atoms with van der Waals surface area (Å²) >= 11 is 0. The molecule has 0 aromatic carbocycles. The van der Waals surface area contributed by atoms with Gasteiger partial charge in [0.2, 0.25) is 0 Å². The summed E-state index contributed by atoms with van der Waals surface area (Å²) in [6.07, 6.45) is 0. The van der Waals surface area contributed by atoms with Gasteiger partial charge in [-0.1, -0.05) is 0 Å². The minimum atomic E-state index is -1.16. The first-order chi connectivity index (χ1) is 5.37. The second-order valence-electron chi connectivity index (χ2n) is 3.06. The zero-order valence-corrected chi connectivity index (χ0v) is 7.54. The quantitative estimate of drug-likeness (QED) is 0.251. The molecule has 0 bridgehead atoms. The maximum absolute atomic E-state index is 10.6. The van der Waals surface area contributed by atoms with Crippen LogP contribution in [-0.4, -0.2) is 24.6 Å². The van der Waals surface area contributed by atoms with Crippen molar-refractivity contribution in [3.05, 3.63) is 0 Å². The molecule has 0 saturated carbocycles. The summed E-state index contributed by atoms with van der Waals surface area (Å²) in [5.74, 6) is -2.24. The van der Waals surface area contributed by atoms with Gasteiger partial charge in [-0.2, -0.15) is 4.89 Å². The van der Waals surface area contributed by atoms with Crippen LogP contribution in [0.5, 0.6) is 0 Å². The molecule has 0 atom stereocenters. The molecule has 0 aromatic rings. The van der Waals surface area contributed by atoms with Crippen molar-refractivity contribution in [1.29, 1.82) is 0 Å². The summed E-state index contributed by atoms with van der Waals surface area (Å²) in [6, 6.07) is 0. The smallest absolute Gasteiger partial charge is 0.449 e. The van der Waals surface area contributed by atoms with E-state index in [4.69, 9.17) is 0 Å². The van der Waals surface area contributed by atoms with Crippen molar-refractivity contribution in [2.45, 2.75) is 26.4 Å². The van der Waals surface area contributed by atoms with Gasteiger partial charge in [0.05, 0.1) is 7.11 Å².